The van der Waals surface area contributed by atoms with Crippen LogP contribution in [0.15, 0.2) is 0 Å². The third-order valence-corrected chi connectivity index (χ3v) is 4.45. The van der Waals surface area contributed by atoms with Gasteiger partial charge in [-0.2, -0.15) is 0 Å². The van der Waals surface area contributed by atoms with Gasteiger partial charge < -0.3 is 10.4 Å². The predicted octanol–water partition coefficient (Wildman–Crippen LogP) is 2.68. The highest BCUT2D eigenvalue weighted by Gasteiger charge is 2.14. The number of nitrogens with zero attached hydrogens (tertiary/aromatic N) is 1. The van der Waals surface area contributed by atoms with Gasteiger partial charge in [0.25, 0.3) is 0 Å². The largest absolute Gasteiger partial charge is 0.396 e. The van der Waals surface area contributed by atoms with Crippen LogP contribution in [-0.4, -0.2) is 23.2 Å². The zero-order chi connectivity index (χ0) is 12.8. The summed E-state index contributed by atoms with van der Waals surface area (Å²) in [6, 6.07) is 0.356. The standard InChI is InChI=1S/C13H24N2OS/c1-5-12-15-11(4)13(17-12)10(3)14-8-9(2)6-7-16/h9-10,14,16H,5-8H2,1-4H3. The van der Waals surface area contributed by atoms with Gasteiger partial charge in [-0.25, -0.2) is 4.98 Å². The molecule has 1 aromatic rings. The van der Waals surface area contributed by atoms with Crippen LogP contribution >= 0.6 is 11.3 Å². The Balaban J connectivity index is 2.51. The van der Waals surface area contributed by atoms with E-state index in [9.17, 15) is 0 Å². The Morgan fingerprint density at radius 1 is 1.41 bits per heavy atom. The van der Waals surface area contributed by atoms with Gasteiger partial charge in [-0.3, -0.25) is 0 Å². The molecule has 2 N–H and O–H groups in total. The molecule has 0 aromatic carbocycles. The van der Waals surface area contributed by atoms with Crippen molar-refractivity contribution in [3.63, 3.8) is 0 Å². The number of aromatic nitrogens is 1. The summed E-state index contributed by atoms with van der Waals surface area (Å²) in [5, 5.41) is 13.6. The van der Waals surface area contributed by atoms with Crippen molar-refractivity contribution in [2.24, 2.45) is 5.92 Å². The van der Waals surface area contributed by atoms with Gasteiger partial charge >= 0.3 is 0 Å². The molecule has 2 unspecified atom stereocenters. The van der Waals surface area contributed by atoms with Gasteiger partial charge in [-0.1, -0.05) is 13.8 Å². The predicted molar refractivity (Wildman–Crippen MR) is 73.5 cm³/mol. The van der Waals surface area contributed by atoms with Crippen LogP contribution in [0.3, 0.4) is 0 Å². The zero-order valence-electron chi connectivity index (χ0n) is 11.3. The first-order valence-corrected chi connectivity index (χ1v) is 7.20. The minimum absolute atomic E-state index is 0.275. The molecule has 3 nitrogen and oxygen atoms in total. The molecule has 0 radical (unpaired) electrons. The molecule has 1 heterocycles. The van der Waals surface area contributed by atoms with E-state index in [0.29, 0.717) is 12.0 Å². The summed E-state index contributed by atoms with van der Waals surface area (Å²) >= 11 is 1.81. The fourth-order valence-electron chi connectivity index (χ4n) is 1.81. The number of hydrogen-bond acceptors (Lipinski definition) is 4. The molecule has 17 heavy (non-hydrogen) atoms. The van der Waals surface area contributed by atoms with Crippen LogP contribution in [0, 0.1) is 12.8 Å². The fraction of sp³-hybridized carbons (Fsp3) is 0.769. The Hall–Kier alpha value is -0.450. The van der Waals surface area contributed by atoms with Crippen LogP contribution in [0.25, 0.3) is 0 Å². The van der Waals surface area contributed by atoms with Crippen molar-refractivity contribution >= 4 is 11.3 Å². The first kappa shape index (κ1) is 14.6. The number of aryl methyl sites for hydroxylation is 2. The second-order valence-electron chi connectivity index (χ2n) is 4.66. The quantitative estimate of drug-likeness (QED) is 0.788. The molecule has 1 aromatic heterocycles. The van der Waals surface area contributed by atoms with Crippen LogP contribution in [-0.2, 0) is 6.42 Å². The maximum absolute atomic E-state index is 8.86. The molecule has 0 aliphatic carbocycles. The number of aliphatic hydroxyl groups excluding tert-OH is 1. The molecule has 98 valence electrons. The average molecular weight is 256 g/mol. The number of thiazole rings is 1. The first-order valence-electron chi connectivity index (χ1n) is 6.38. The molecule has 0 fully saturated rings. The van der Waals surface area contributed by atoms with Crippen molar-refractivity contribution in [3.05, 3.63) is 15.6 Å². The molecule has 0 bridgehead atoms. The van der Waals surface area contributed by atoms with E-state index in [0.717, 1.165) is 25.1 Å². The molecule has 0 aliphatic rings. The van der Waals surface area contributed by atoms with Crippen molar-refractivity contribution in [1.82, 2.24) is 10.3 Å². The maximum atomic E-state index is 8.86. The van der Waals surface area contributed by atoms with Gasteiger partial charge in [0.2, 0.25) is 0 Å². The Bertz CT molecular complexity index is 338. The first-order chi connectivity index (χ1) is 8.08. The Labute approximate surface area is 108 Å². The normalized spacial score (nSPS) is 14.9. The molecule has 0 aliphatic heterocycles. The summed E-state index contributed by atoms with van der Waals surface area (Å²) in [6.07, 6.45) is 1.88. The molecule has 4 heteroatoms. The molecular formula is C13H24N2OS. The van der Waals surface area contributed by atoms with E-state index in [2.05, 4.69) is 38.0 Å². The highest BCUT2D eigenvalue weighted by molar-refractivity contribution is 7.11. The smallest absolute Gasteiger partial charge is 0.0928 e. The fourth-order valence-corrected chi connectivity index (χ4v) is 2.85. The highest BCUT2D eigenvalue weighted by Crippen LogP contribution is 2.25. The minimum atomic E-state index is 0.275. The van der Waals surface area contributed by atoms with Crippen LogP contribution in [0.1, 0.15) is 48.8 Å². The zero-order valence-corrected chi connectivity index (χ0v) is 12.1. The van der Waals surface area contributed by atoms with Crippen LogP contribution in [0.4, 0.5) is 0 Å². The highest BCUT2D eigenvalue weighted by atomic mass is 32.1. The molecule has 0 saturated carbocycles. The monoisotopic (exact) mass is 256 g/mol. The number of rotatable bonds is 7. The Morgan fingerprint density at radius 3 is 2.65 bits per heavy atom. The molecular weight excluding hydrogens is 232 g/mol. The van der Waals surface area contributed by atoms with Crippen LogP contribution < -0.4 is 5.32 Å². The van der Waals surface area contributed by atoms with Gasteiger partial charge in [-0.05, 0) is 39.2 Å². The lowest BCUT2D eigenvalue weighted by Crippen LogP contribution is -2.24. The number of aliphatic hydroxyl groups is 1. The third-order valence-electron chi connectivity index (χ3n) is 2.97. The second kappa shape index (κ2) is 7.09. The van der Waals surface area contributed by atoms with E-state index in [1.54, 1.807) is 0 Å². The molecule has 2 atom stereocenters. The van der Waals surface area contributed by atoms with E-state index in [-0.39, 0.29) is 6.61 Å². The van der Waals surface area contributed by atoms with Gasteiger partial charge in [0, 0.05) is 17.5 Å². The summed E-state index contributed by atoms with van der Waals surface area (Å²) < 4.78 is 0. The molecule has 1 rings (SSSR count). The van der Waals surface area contributed by atoms with Gasteiger partial charge in [0.1, 0.15) is 0 Å². The van der Waals surface area contributed by atoms with Crippen LogP contribution in [0.5, 0.6) is 0 Å². The summed E-state index contributed by atoms with van der Waals surface area (Å²) in [6.45, 7) is 9.79. The van der Waals surface area contributed by atoms with E-state index in [1.807, 2.05) is 11.3 Å². The van der Waals surface area contributed by atoms with Crippen molar-refractivity contribution in [1.29, 1.82) is 0 Å². The summed E-state index contributed by atoms with van der Waals surface area (Å²) in [5.41, 5.74) is 1.15. The van der Waals surface area contributed by atoms with Crippen molar-refractivity contribution in [2.75, 3.05) is 13.2 Å². The molecule has 0 saturated heterocycles. The summed E-state index contributed by atoms with van der Waals surface area (Å²) in [5.74, 6) is 0.515. The lowest BCUT2D eigenvalue weighted by atomic mass is 10.1. The maximum Gasteiger partial charge on any atom is 0.0928 e. The number of nitrogens with one attached hydrogen (secondary N) is 1. The van der Waals surface area contributed by atoms with Crippen molar-refractivity contribution in [2.45, 2.75) is 46.6 Å². The van der Waals surface area contributed by atoms with Gasteiger partial charge in [-0.15, -0.1) is 11.3 Å². The minimum Gasteiger partial charge on any atom is -0.396 e. The van der Waals surface area contributed by atoms with E-state index < -0.39 is 0 Å². The van der Waals surface area contributed by atoms with Crippen molar-refractivity contribution < 1.29 is 5.11 Å². The second-order valence-corrected chi connectivity index (χ2v) is 5.77. The molecule has 0 spiro atoms. The topological polar surface area (TPSA) is 45.2 Å². The van der Waals surface area contributed by atoms with Crippen molar-refractivity contribution in [3.8, 4) is 0 Å². The van der Waals surface area contributed by atoms with E-state index in [4.69, 9.17) is 5.11 Å². The summed E-state index contributed by atoms with van der Waals surface area (Å²) in [7, 11) is 0. The average Bonchev–Trinajstić information content (AvgIpc) is 2.68. The number of hydrogen-bond donors (Lipinski definition) is 2. The Kier molecular flexibility index (Phi) is 6.09. The van der Waals surface area contributed by atoms with Crippen LogP contribution in [0.2, 0.25) is 0 Å². The summed E-state index contributed by atoms with van der Waals surface area (Å²) in [4.78, 5) is 5.90. The lowest BCUT2D eigenvalue weighted by molar-refractivity contribution is 0.258. The molecule has 0 amide bonds. The lowest BCUT2D eigenvalue weighted by Gasteiger charge is -2.16. The SMILES string of the molecule is CCc1nc(C)c(C(C)NCC(C)CCO)s1. The third kappa shape index (κ3) is 4.37. The van der Waals surface area contributed by atoms with Gasteiger partial charge in [0.15, 0.2) is 0 Å². The van der Waals surface area contributed by atoms with Gasteiger partial charge in [0.05, 0.1) is 10.7 Å². The van der Waals surface area contributed by atoms with E-state index in [1.165, 1.54) is 9.88 Å². The Morgan fingerprint density at radius 2 is 2.12 bits per heavy atom. The van der Waals surface area contributed by atoms with E-state index >= 15 is 0 Å².